The Morgan fingerprint density at radius 3 is 2.18 bits per heavy atom. The van der Waals surface area contributed by atoms with Gasteiger partial charge in [0.05, 0.1) is 17.6 Å². The Morgan fingerprint density at radius 2 is 1.68 bits per heavy atom. The molecule has 2 rings (SSSR count). The van der Waals surface area contributed by atoms with E-state index in [1.165, 1.54) is 12.1 Å². The number of nitrogens with zero attached hydrogens (tertiary/aromatic N) is 3. The van der Waals surface area contributed by atoms with E-state index in [2.05, 4.69) is 9.80 Å². The SMILES string of the molecule is O=[N+]([O-])c1ccc(C(O)CN2CCN(CCO)CC2)cc1.[Cl-]. The van der Waals surface area contributed by atoms with Crippen LogP contribution in [0.5, 0.6) is 0 Å². The van der Waals surface area contributed by atoms with Crippen molar-refractivity contribution >= 4 is 5.69 Å². The third kappa shape index (κ3) is 5.19. The molecule has 124 valence electrons. The second kappa shape index (κ2) is 9.02. The summed E-state index contributed by atoms with van der Waals surface area (Å²) in [4.78, 5) is 14.5. The van der Waals surface area contributed by atoms with Crippen LogP contribution in [0.25, 0.3) is 0 Å². The van der Waals surface area contributed by atoms with Crippen LogP contribution >= 0.6 is 0 Å². The summed E-state index contributed by atoms with van der Waals surface area (Å²) in [6.45, 7) is 4.85. The van der Waals surface area contributed by atoms with Gasteiger partial charge >= 0.3 is 0 Å². The number of non-ortho nitro benzene ring substituents is 1. The third-order valence-corrected chi connectivity index (χ3v) is 3.80. The number of β-amino-alcohol motifs (C(OH)–C–C–N with tert-alkyl or cyclic N) is 2. The van der Waals surface area contributed by atoms with E-state index >= 15 is 0 Å². The second-order valence-corrected chi connectivity index (χ2v) is 5.23. The fourth-order valence-corrected chi connectivity index (χ4v) is 2.51. The highest BCUT2D eigenvalue weighted by molar-refractivity contribution is 5.33. The summed E-state index contributed by atoms with van der Waals surface area (Å²) < 4.78 is 0. The van der Waals surface area contributed by atoms with Crippen molar-refractivity contribution in [3.8, 4) is 0 Å². The van der Waals surface area contributed by atoms with Gasteiger partial charge in [0, 0.05) is 51.4 Å². The van der Waals surface area contributed by atoms with Crippen LogP contribution in [0.1, 0.15) is 11.7 Å². The standard InChI is InChI=1S/C14H21N3O4.ClH/c18-10-9-15-5-7-16(8-6-15)11-14(19)12-1-3-13(4-2-12)17(20)21;/h1-4,14,18-19H,5-11H2;1H/p-1. The molecule has 1 heterocycles. The van der Waals surface area contributed by atoms with Gasteiger partial charge in [0.25, 0.3) is 5.69 Å². The van der Waals surface area contributed by atoms with E-state index < -0.39 is 11.0 Å². The van der Waals surface area contributed by atoms with Crippen LogP contribution < -0.4 is 12.4 Å². The summed E-state index contributed by atoms with van der Waals surface area (Å²) >= 11 is 0. The molecule has 7 nitrogen and oxygen atoms in total. The molecule has 0 bridgehead atoms. The first kappa shape index (κ1) is 18.8. The number of hydrogen-bond acceptors (Lipinski definition) is 6. The van der Waals surface area contributed by atoms with Crippen LogP contribution in [0.3, 0.4) is 0 Å². The molecular formula is C14H21ClN3O4-. The van der Waals surface area contributed by atoms with Gasteiger partial charge in [-0.1, -0.05) is 0 Å². The van der Waals surface area contributed by atoms with Crippen molar-refractivity contribution in [3.63, 3.8) is 0 Å². The number of nitro groups is 1. The zero-order chi connectivity index (χ0) is 15.2. The first-order valence-electron chi connectivity index (χ1n) is 7.08. The van der Waals surface area contributed by atoms with Crippen LogP contribution in [0, 0.1) is 10.1 Å². The Hall–Kier alpha value is -1.25. The van der Waals surface area contributed by atoms with Gasteiger partial charge in [0.1, 0.15) is 0 Å². The average molecular weight is 331 g/mol. The van der Waals surface area contributed by atoms with Gasteiger partial charge in [-0.3, -0.25) is 19.9 Å². The Balaban J connectivity index is 0.00000242. The number of aliphatic hydroxyl groups is 2. The van der Waals surface area contributed by atoms with Gasteiger partial charge in [0.15, 0.2) is 0 Å². The Kier molecular flexibility index (Phi) is 7.70. The molecule has 22 heavy (non-hydrogen) atoms. The summed E-state index contributed by atoms with van der Waals surface area (Å²) in [6.07, 6.45) is -0.643. The van der Waals surface area contributed by atoms with Crippen molar-refractivity contribution in [2.45, 2.75) is 6.10 Å². The molecule has 2 N–H and O–H groups in total. The summed E-state index contributed by atoms with van der Waals surface area (Å²) in [6, 6.07) is 6.03. The zero-order valence-corrected chi connectivity index (χ0v) is 13.0. The molecule has 0 aliphatic carbocycles. The highest BCUT2D eigenvalue weighted by Crippen LogP contribution is 2.19. The predicted octanol–water partition coefficient (Wildman–Crippen LogP) is -2.76. The van der Waals surface area contributed by atoms with Gasteiger partial charge in [-0.2, -0.15) is 0 Å². The molecule has 0 saturated carbocycles. The molecule has 0 aromatic heterocycles. The monoisotopic (exact) mass is 330 g/mol. The fraction of sp³-hybridized carbons (Fsp3) is 0.571. The molecule has 0 spiro atoms. The summed E-state index contributed by atoms with van der Waals surface area (Å²) in [5.74, 6) is 0. The largest absolute Gasteiger partial charge is 1.00 e. The van der Waals surface area contributed by atoms with E-state index in [0.717, 1.165) is 26.2 Å². The van der Waals surface area contributed by atoms with E-state index in [0.29, 0.717) is 18.7 Å². The van der Waals surface area contributed by atoms with Crippen molar-refractivity contribution in [3.05, 3.63) is 39.9 Å². The van der Waals surface area contributed by atoms with Gasteiger partial charge in [0.2, 0.25) is 0 Å². The molecule has 1 aromatic rings. The maximum absolute atomic E-state index is 10.6. The molecule has 1 fully saturated rings. The molecule has 1 aromatic carbocycles. The zero-order valence-electron chi connectivity index (χ0n) is 12.3. The van der Waals surface area contributed by atoms with Crippen molar-refractivity contribution in [2.75, 3.05) is 45.9 Å². The minimum Gasteiger partial charge on any atom is -1.00 e. The fourth-order valence-electron chi connectivity index (χ4n) is 2.51. The van der Waals surface area contributed by atoms with Crippen LogP contribution in [0.4, 0.5) is 5.69 Å². The molecule has 0 radical (unpaired) electrons. The number of rotatable bonds is 6. The normalized spacial score (nSPS) is 17.7. The Bertz CT molecular complexity index is 464. The molecule has 1 atom stereocenters. The maximum Gasteiger partial charge on any atom is 0.269 e. The Morgan fingerprint density at radius 1 is 1.14 bits per heavy atom. The lowest BCUT2D eigenvalue weighted by atomic mass is 10.1. The highest BCUT2D eigenvalue weighted by Gasteiger charge is 2.19. The van der Waals surface area contributed by atoms with E-state index in [1.807, 2.05) is 0 Å². The lowest BCUT2D eigenvalue weighted by Crippen LogP contribution is -3.00. The van der Waals surface area contributed by atoms with Gasteiger partial charge in [-0.15, -0.1) is 0 Å². The van der Waals surface area contributed by atoms with Crippen molar-refractivity contribution in [2.24, 2.45) is 0 Å². The van der Waals surface area contributed by atoms with Crippen LogP contribution in [0.2, 0.25) is 0 Å². The average Bonchev–Trinajstić information content (AvgIpc) is 2.49. The quantitative estimate of drug-likeness (QED) is 0.434. The number of halogens is 1. The minimum atomic E-state index is -0.643. The summed E-state index contributed by atoms with van der Waals surface area (Å²) in [7, 11) is 0. The molecule has 1 saturated heterocycles. The maximum atomic E-state index is 10.6. The van der Waals surface area contributed by atoms with Gasteiger partial charge in [-0.05, 0) is 17.7 Å². The first-order valence-corrected chi connectivity index (χ1v) is 7.08. The number of nitro benzene ring substituents is 1. The molecule has 1 aliphatic heterocycles. The van der Waals surface area contributed by atoms with Gasteiger partial charge < -0.3 is 22.6 Å². The predicted molar refractivity (Wildman–Crippen MR) is 78.0 cm³/mol. The molecule has 8 heteroatoms. The molecular weight excluding hydrogens is 310 g/mol. The van der Waals surface area contributed by atoms with E-state index in [9.17, 15) is 15.2 Å². The van der Waals surface area contributed by atoms with E-state index in [-0.39, 0.29) is 24.7 Å². The Labute approximate surface area is 135 Å². The van der Waals surface area contributed by atoms with Crippen molar-refractivity contribution in [1.29, 1.82) is 0 Å². The molecule has 1 unspecified atom stereocenters. The second-order valence-electron chi connectivity index (χ2n) is 5.23. The highest BCUT2D eigenvalue weighted by atomic mass is 35.5. The topological polar surface area (TPSA) is 90.1 Å². The number of hydrogen-bond donors (Lipinski definition) is 2. The third-order valence-electron chi connectivity index (χ3n) is 3.80. The number of aliphatic hydroxyl groups excluding tert-OH is 2. The van der Waals surface area contributed by atoms with E-state index in [1.54, 1.807) is 12.1 Å². The van der Waals surface area contributed by atoms with Crippen molar-refractivity contribution in [1.82, 2.24) is 9.80 Å². The number of benzene rings is 1. The summed E-state index contributed by atoms with van der Waals surface area (Å²) in [5.41, 5.74) is 0.724. The van der Waals surface area contributed by atoms with Crippen molar-refractivity contribution < 1.29 is 27.5 Å². The smallest absolute Gasteiger partial charge is 0.269 e. The van der Waals surface area contributed by atoms with Crippen LogP contribution in [0.15, 0.2) is 24.3 Å². The molecule has 0 amide bonds. The minimum absolute atomic E-state index is 0. The van der Waals surface area contributed by atoms with Crippen LogP contribution in [-0.2, 0) is 0 Å². The lowest BCUT2D eigenvalue weighted by molar-refractivity contribution is -0.384. The van der Waals surface area contributed by atoms with E-state index in [4.69, 9.17) is 5.11 Å². The number of piperazine rings is 1. The molecule has 1 aliphatic rings. The summed E-state index contributed by atoms with van der Waals surface area (Å²) in [5, 5.41) is 29.7. The van der Waals surface area contributed by atoms with Gasteiger partial charge in [-0.25, -0.2) is 0 Å². The lowest BCUT2D eigenvalue weighted by Gasteiger charge is -2.35. The first-order chi connectivity index (χ1) is 10.1. The van der Waals surface area contributed by atoms with Crippen LogP contribution in [-0.4, -0.2) is 70.8 Å².